The van der Waals surface area contributed by atoms with Crippen LogP contribution in [0.1, 0.15) is 27.2 Å². The first kappa shape index (κ1) is 17.7. The Morgan fingerprint density at radius 2 is 2.00 bits per heavy atom. The molecule has 21 heavy (non-hydrogen) atoms. The number of carboxylic acid groups (broad SMARTS) is 1. The van der Waals surface area contributed by atoms with Crippen molar-refractivity contribution in [1.29, 1.82) is 0 Å². The van der Waals surface area contributed by atoms with E-state index in [2.05, 4.69) is 15.5 Å². The molecule has 0 bridgehead atoms. The van der Waals surface area contributed by atoms with Gasteiger partial charge in [0.25, 0.3) is 0 Å². The zero-order valence-electron chi connectivity index (χ0n) is 13.1. The predicted molar refractivity (Wildman–Crippen MR) is 79.3 cm³/mol. The highest BCUT2D eigenvalue weighted by molar-refractivity contribution is 5.77. The largest absolute Gasteiger partial charge is 0.481 e. The summed E-state index contributed by atoms with van der Waals surface area (Å²) in [4.78, 5) is 25.2. The maximum atomic E-state index is 11.8. The molecule has 0 aromatic rings. The van der Waals surface area contributed by atoms with Crippen molar-refractivity contribution in [3.63, 3.8) is 0 Å². The predicted octanol–water partition coefficient (Wildman–Crippen LogP) is 0.507. The highest BCUT2D eigenvalue weighted by Crippen LogP contribution is 2.19. The van der Waals surface area contributed by atoms with E-state index in [9.17, 15) is 9.59 Å². The molecule has 0 aromatic carbocycles. The molecule has 1 aliphatic rings. The van der Waals surface area contributed by atoms with E-state index in [1.54, 1.807) is 13.8 Å². The van der Waals surface area contributed by atoms with Crippen molar-refractivity contribution < 1.29 is 19.4 Å². The summed E-state index contributed by atoms with van der Waals surface area (Å²) in [6.45, 7) is 9.46. The van der Waals surface area contributed by atoms with E-state index in [1.165, 1.54) is 0 Å². The third-order valence-corrected chi connectivity index (χ3v) is 3.95. The van der Waals surface area contributed by atoms with Gasteiger partial charge in [0.2, 0.25) is 0 Å². The Hall–Kier alpha value is -1.34. The van der Waals surface area contributed by atoms with Crippen LogP contribution in [-0.2, 0) is 9.53 Å². The minimum Gasteiger partial charge on any atom is -0.481 e. The molecule has 1 saturated heterocycles. The van der Waals surface area contributed by atoms with Gasteiger partial charge in [-0.25, -0.2) is 4.79 Å². The van der Waals surface area contributed by atoms with Crippen LogP contribution in [0.25, 0.3) is 0 Å². The number of carbonyl (C=O) groups excluding carboxylic acids is 1. The smallest absolute Gasteiger partial charge is 0.315 e. The summed E-state index contributed by atoms with van der Waals surface area (Å²) in [5.41, 5.74) is -0.926. The van der Waals surface area contributed by atoms with E-state index < -0.39 is 11.4 Å². The van der Waals surface area contributed by atoms with Crippen LogP contribution in [0.15, 0.2) is 0 Å². The van der Waals surface area contributed by atoms with E-state index in [0.29, 0.717) is 6.42 Å². The molecule has 1 heterocycles. The summed E-state index contributed by atoms with van der Waals surface area (Å²) in [6, 6.07) is -0.322. The highest BCUT2D eigenvalue weighted by atomic mass is 16.5. The Kier molecular flexibility index (Phi) is 6.91. The molecule has 0 spiro atoms. The number of aliphatic carboxylic acids is 1. The monoisotopic (exact) mass is 301 g/mol. The molecule has 2 atom stereocenters. The van der Waals surface area contributed by atoms with E-state index >= 15 is 0 Å². The molecule has 7 heteroatoms. The summed E-state index contributed by atoms with van der Waals surface area (Å²) in [6.07, 6.45) is 0.464. The first-order valence-electron chi connectivity index (χ1n) is 7.45. The van der Waals surface area contributed by atoms with Crippen molar-refractivity contribution in [1.82, 2.24) is 15.5 Å². The van der Waals surface area contributed by atoms with Gasteiger partial charge in [-0.05, 0) is 20.3 Å². The molecule has 1 fully saturated rings. The van der Waals surface area contributed by atoms with Crippen molar-refractivity contribution in [2.24, 2.45) is 5.41 Å². The van der Waals surface area contributed by atoms with E-state index in [1.807, 2.05) is 6.92 Å². The van der Waals surface area contributed by atoms with Crippen molar-refractivity contribution in [2.75, 3.05) is 39.4 Å². The van der Waals surface area contributed by atoms with Gasteiger partial charge in [0.1, 0.15) is 0 Å². The lowest BCUT2D eigenvalue weighted by atomic mass is 9.88. The Morgan fingerprint density at radius 3 is 2.52 bits per heavy atom. The third-order valence-electron chi connectivity index (χ3n) is 3.95. The second-order valence-electron chi connectivity index (χ2n) is 5.86. The first-order valence-corrected chi connectivity index (χ1v) is 7.45. The zero-order valence-corrected chi connectivity index (χ0v) is 13.1. The number of nitrogens with zero attached hydrogens (tertiary/aromatic N) is 1. The lowest BCUT2D eigenvalue weighted by molar-refractivity contribution is -0.147. The van der Waals surface area contributed by atoms with Gasteiger partial charge in [0.05, 0.1) is 18.6 Å². The number of ether oxygens (including phenoxy) is 1. The Labute approximate surface area is 126 Å². The number of carboxylic acids is 1. The Bertz CT molecular complexity index is 358. The summed E-state index contributed by atoms with van der Waals surface area (Å²) >= 11 is 0. The van der Waals surface area contributed by atoms with Gasteiger partial charge in [0.15, 0.2) is 0 Å². The average molecular weight is 301 g/mol. The average Bonchev–Trinajstić information content (AvgIpc) is 2.45. The number of rotatable bonds is 7. The normalized spacial score (nSPS) is 20.3. The molecular weight excluding hydrogens is 274 g/mol. The van der Waals surface area contributed by atoms with Gasteiger partial charge in [-0.1, -0.05) is 6.92 Å². The van der Waals surface area contributed by atoms with Crippen LogP contribution < -0.4 is 10.6 Å². The van der Waals surface area contributed by atoms with Gasteiger partial charge < -0.3 is 20.5 Å². The van der Waals surface area contributed by atoms with Gasteiger partial charge >= 0.3 is 12.0 Å². The zero-order chi connectivity index (χ0) is 15.9. The molecule has 2 amide bonds. The molecule has 1 aliphatic heterocycles. The number of carbonyl (C=O) groups is 2. The molecule has 3 N–H and O–H groups in total. The fraction of sp³-hybridized carbons (Fsp3) is 0.857. The molecule has 7 nitrogen and oxygen atoms in total. The number of nitrogens with one attached hydrogen (secondary N) is 2. The van der Waals surface area contributed by atoms with Gasteiger partial charge in [-0.2, -0.15) is 0 Å². The fourth-order valence-electron chi connectivity index (χ4n) is 2.12. The van der Waals surface area contributed by atoms with Crippen LogP contribution in [0.5, 0.6) is 0 Å². The first-order chi connectivity index (χ1) is 9.87. The molecule has 0 aliphatic carbocycles. The van der Waals surface area contributed by atoms with Crippen LogP contribution in [-0.4, -0.2) is 67.4 Å². The van der Waals surface area contributed by atoms with Crippen molar-refractivity contribution in [2.45, 2.75) is 33.2 Å². The maximum Gasteiger partial charge on any atom is 0.315 e. The minimum atomic E-state index is -0.926. The topological polar surface area (TPSA) is 90.9 Å². The van der Waals surface area contributed by atoms with Crippen LogP contribution in [0.2, 0.25) is 0 Å². The number of hydrogen-bond acceptors (Lipinski definition) is 4. The second kappa shape index (κ2) is 8.19. The van der Waals surface area contributed by atoms with E-state index in [-0.39, 0.29) is 18.6 Å². The number of morpholine rings is 1. The van der Waals surface area contributed by atoms with E-state index in [0.717, 1.165) is 32.8 Å². The van der Waals surface area contributed by atoms with Gasteiger partial charge in [-0.3, -0.25) is 9.69 Å². The third kappa shape index (κ3) is 5.89. The van der Waals surface area contributed by atoms with Crippen LogP contribution in [0.4, 0.5) is 4.79 Å². The molecule has 2 unspecified atom stereocenters. The highest BCUT2D eigenvalue weighted by Gasteiger charge is 2.31. The van der Waals surface area contributed by atoms with Crippen molar-refractivity contribution in [3.05, 3.63) is 0 Å². The Morgan fingerprint density at radius 1 is 1.38 bits per heavy atom. The number of amides is 2. The molecule has 0 aromatic heterocycles. The molecule has 1 rings (SSSR count). The summed E-state index contributed by atoms with van der Waals surface area (Å²) < 4.78 is 5.28. The van der Waals surface area contributed by atoms with E-state index in [4.69, 9.17) is 9.84 Å². The second-order valence-corrected chi connectivity index (χ2v) is 5.86. The van der Waals surface area contributed by atoms with Gasteiger partial charge in [0, 0.05) is 32.2 Å². The maximum absolute atomic E-state index is 11.8. The van der Waals surface area contributed by atoms with Gasteiger partial charge in [-0.15, -0.1) is 0 Å². The lowest BCUT2D eigenvalue weighted by Gasteiger charge is -2.29. The quantitative estimate of drug-likeness (QED) is 0.637. The lowest BCUT2D eigenvalue weighted by Crippen LogP contribution is -2.50. The molecule has 122 valence electrons. The summed E-state index contributed by atoms with van der Waals surface area (Å²) in [5, 5.41) is 14.6. The minimum absolute atomic E-state index is 0.000751. The number of hydrogen-bond donors (Lipinski definition) is 3. The SMILES string of the molecule is CCC(C)(CNC(=O)NC(C)CN1CCOCC1)C(=O)O. The molecule has 0 radical (unpaired) electrons. The standard InChI is InChI=1S/C14H27N3O4/c1-4-14(3,12(18)19)10-15-13(20)16-11(2)9-17-5-7-21-8-6-17/h11H,4-10H2,1-3H3,(H,18,19)(H2,15,16,20). The van der Waals surface area contributed by atoms with Crippen LogP contribution in [0, 0.1) is 5.41 Å². The molecular formula is C14H27N3O4. The van der Waals surface area contributed by atoms with Crippen LogP contribution in [0.3, 0.4) is 0 Å². The fourth-order valence-corrected chi connectivity index (χ4v) is 2.12. The summed E-state index contributed by atoms with van der Waals surface area (Å²) in [5.74, 6) is -0.897. The molecule has 0 saturated carbocycles. The van der Waals surface area contributed by atoms with Crippen molar-refractivity contribution in [3.8, 4) is 0 Å². The Balaban J connectivity index is 2.30. The summed E-state index contributed by atoms with van der Waals surface area (Å²) in [7, 11) is 0. The van der Waals surface area contributed by atoms with Crippen molar-refractivity contribution >= 4 is 12.0 Å². The van der Waals surface area contributed by atoms with Crippen LogP contribution >= 0.6 is 0 Å². The number of urea groups is 1.